The molecule has 3 rings (SSSR count). The van der Waals surface area contributed by atoms with Crippen molar-refractivity contribution in [3.05, 3.63) is 84.3 Å². The second-order valence-electron chi connectivity index (χ2n) is 7.85. The van der Waals surface area contributed by atoms with Gasteiger partial charge in [-0.2, -0.15) is 0 Å². The molecule has 29 heavy (non-hydrogen) atoms. The molecular weight excluding hydrogens is 367 g/mol. The van der Waals surface area contributed by atoms with Crippen molar-refractivity contribution in [3.63, 3.8) is 0 Å². The maximum Gasteiger partial charge on any atom is 0.416 e. The minimum atomic E-state index is -0.647. The summed E-state index contributed by atoms with van der Waals surface area (Å²) in [6.45, 7) is 7.41. The molecule has 0 N–H and O–H groups in total. The van der Waals surface area contributed by atoms with Crippen LogP contribution < -0.4 is 4.90 Å². The SMILES string of the molecule is CC(c1ccccc1)N(C(=O)OC(C)(C)C)c1cc(-c2cccc(F)c2)ccn1. The third-order valence-corrected chi connectivity index (χ3v) is 4.41. The molecule has 3 aromatic rings. The fourth-order valence-electron chi connectivity index (χ4n) is 3.04. The van der Waals surface area contributed by atoms with E-state index in [0.717, 1.165) is 11.1 Å². The predicted molar refractivity (Wildman–Crippen MR) is 113 cm³/mol. The zero-order valence-electron chi connectivity index (χ0n) is 17.1. The van der Waals surface area contributed by atoms with Gasteiger partial charge in [-0.25, -0.2) is 14.2 Å². The third kappa shape index (κ3) is 5.19. The van der Waals surface area contributed by atoms with E-state index in [4.69, 9.17) is 4.74 Å². The van der Waals surface area contributed by atoms with Crippen molar-refractivity contribution in [2.24, 2.45) is 0 Å². The van der Waals surface area contributed by atoms with Gasteiger partial charge in [0.15, 0.2) is 0 Å². The van der Waals surface area contributed by atoms with Crippen molar-refractivity contribution in [3.8, 4) is 11.1 Å². The second-order valence-corrected chi connectivity index (χ2v) is 7.85. The fraction of sp³-hybridized carbons (Fsp3) is 0.250. The molecule has 4 nitrogen and oxygen atoms in total. The summed E-state index contributed by atoms with van der Waals surface area (Å²) in [6.07, 6.45) is 1.13. The van der Waals surface area contributed by atoms with Crippen molar-refractivity contribution < 1.29 is 13.9 Å². The van der Waals surface area contributed by atoms with Crippen LogP contribution >= 0.6 is 0 Å². The highest BCUT2D eigenvalue weighted by atomic mass is 19.1. The maximum atomic E-state index is 13.7. The second kappa shape index (κ2) is 8.43. The Morgan fingerprint density at radius 1 is 1.00 bits per heavy atom. The summed E-state index contributed by atoms with van der Waals surface area (Å²) in [4.78, 5) is 19.0. The quantitative estimate of drug-likeness (QED) is 0.517. The number of nitrogens with zero attached hydrogens (tertiary/aromatic N) is 2. The van der Waals surface area contributed by atoms with Gasteiger partial charge >= 0.3 is 6.09 Å². The van der Waals surface area contributed by atoms with Gasteiger partial charge in [0.2, 0.25) is 0 Å². The first kappa shape index (κ1) is 20.5. The van der Waals surface area contributed by atoms with Gasteiger partial charge in [-0.3, -0.25) is 4.90 Å². The number of amides is 1. The minimum Gasteiger partial charge on any atom is -0.443 e. The molecule has 1 unspecified atom stereocenters. The number of aromatic nitrogens is 1. The molecule has 0 spiro atoms. The highest BCUT2D eigenvalue weighted by molar-refractivity contribution is 5.88. The predicted octanol–water partition coefficient (Wildman–Crippen LogP) is 6.39. The summed E-state index contributed by atoms with van der Waals surface area (Å²) in [6, 6.07) is 19.3. The van der Waals surface area contributed by atoms with Crippen molar-refractivity contribution in [2.75, 3.05) is 4.90 Å². The van der Waals surface area contributed by atoms with Crippen molar-refractivity contribution in [1.82, 2.24) is 4.98 Å². The highest BCUT2D eigenvalue weighted by Crippen LogP contribution is 2.30. The Morgan fingerprint density at radius 2 is 1.69 bits per heavy atom. The maximum absolute atomic E-state index is 13.7. The number of hydrogen-bond donors (Lipinski definition) is 0. The van der Waals surface area contributed by atoms with E-state index >= 15 is 0 Å². The smallest absolute Gasteiger partial charge is 0.416 e. The van der Waals surface area contributed by atoms with Crippen LogP contribution in [0.4, 0.5) is 15.0 Å². The Balaban J connectivity index is 2.04. The van der Waals surface area contributed by atoms with Crippen molar-refractivity contribution in [1.29, 1.82) is 0 Å². The van der Waals surface area contributed by atoms with Crippen LogP contribution in [0.15, 0.2) is 72.9 Å². The Bertz CT molecular complexity index is 983. The number of anilines is 1. The lowest BCUT2D eigenvalue weighted by atomic mass is 10.1. The molecule has 0 aliphatic carbocycles. The molecule has 0 aliphatic heterocycles. The molecule has 0 saturated carbocycles. The van der Waals surface area contributed by atoms with Gasteiger partial charge in [-0.05, 0) is 68.7 Å². The number of carbonyl (C=O) groups is 1. The van der Waals surface area contributed by atoms with Gasteiger partial charge in [-0.1, -0.05) is 42.5 Å². The number of carbonyl (C=O) groups excluding carboxylic acids is 1. The summed E-state index contributed by atoms with van der Waals surface area (Å²) in [5, 5.41) is 0. The summed E-state index contributed by atoms with van der Waals surface area (Å²) >= 11 is 0. The van der Waals surface area contributed by atoms with E-state index in [2.05, 4.69) is 4.98 Å². The van der Waals surface area contributed by atoms with Gasteiger partial charge in [0, 0.05) is 6.20 Å². The zero-order valence-corrected chi connectivity index (χ0v) is 17.1. The normalized spacial score (nSPS) is 12.3. The van der Waals surface area contributed by atoms with Crippen molar-refractivity contribution >= 4 is 11.9 Å². The highest BCUT2D eigenvalue weighted by Gasteiger charge is 2.29. The lowest BCUT2D eigenvalue weighted by Crippen LogP contribution is -2.39. The first-order valence-corrected chi connectivity index (χ1v) is 9.54. The van der Waals surface area contributed by atoms with Crippen molar-refractivity contribution in [2.45, 2.75) is 39.3 Å². The Labute approximate surface area is 171 Å². The number of halogens is 1. The number of rotatable bonds is 4. The number of ether oxygens (including phenoxy) is 1. The molecule has 0 saturated heterocycles. The first-order valence-electron chi connectivity index (χ1n) is 9.54. The molecule has 150 valence electrons. The summed E-state index contributed by atoms with van der Waals surface area (Å²) in [7, 11) is 0. The number of hydrogen-bond acceptors (Lipinski definition) is 3. The molecule has 1 atom stereocenters. The van der Waals surface area contributed by atoms with Gasteiger partial charge in [-0.15, -0.1) is 0 Å². The average molecular weight is 392 g/mol. The fourth-order valence-corrected chi connectivity index (χ4v) is 3.04. The van der Waals surface area contributed by atoms with E-state index < -0.39 is 11.7 Å². The summed E-state index contributed by atoms with van der Waals surface area (Å²) < 4.78 is 19.3. The molecule has 0 aliphatic rings. The standard InChI is InChI=1S/C24H25FN2O2/c1-17(18-9-6-5-7-10-18)27(23(28)29-24(2,3)4)22-16-20(13-14-26-22)19-11-8-12-21(25)15-19/h5-17H,1-4H3. The number of benzene rings is 2. The van der Waals surface area contributed by atoms with Gasteiger partial charge in [0.1, 0.15) is 17.2 Å². The molecule has 0 radical (unpaired) electrons. The third-order valence-electron chi connectivity index (χ3n) is 4.41. The van der Waals surface area contributed by atoms with Gasteiger partial charge in [0.05, 0.1) is 6.04 Å². The van der Waals surface area contributed by atoms with Crippen LogP contribution in [-0.2, 0) is 4.74 Å². The van der Waals surface area contributed by atoms with E-state index in [-0.39, 0.29) is 11.9 Å². The topological polar surface area (TPSA) is 42.4 Å². The molecule has 0 bridgehead atoms. The van der Waals surface area contributed by atoms with Crippen LogP contribution in [-0.4, -0.2) is 16.7 Å². The molecule has 5 heteroatoms. The molecule has 1 heterocycles. The van der Waals surface area contributed by atoms with E-state index in [1.165, 1.54) is 17.0 Å². The summed E-state index contributed by atoms with van der Waals surface area (Å²) in [5.74, 6) is 0.125. The molecule has 2 aromatic carbocycles. The lowest BCUT2D eigenvalue weighted by molar-refractivity contribution is 0.0566. The Kier molecular flexibility index (Phi) is 5.97. The van der Waals surface area contributed by atoms with E-state index in [1.807, 2.05) is 64.1 Å². The summed E-state index contributed by atoms with van der Waals surface area (Å²) in [5.41, 5.74) is 1.79. The van der Waals surface area contributed by atoms with E-state index in [9.17, 15) is 9.18 Å². The molecule has 0 fully saturated rings. The van der Waals surface area contributed by atoms with Gasteiger partial charge < -0.3 is 4.74 Å². The van der Waals surface area contributed by atoms with Crippen LogP contribution in [0.25, 0.3) is 11.1 Å². The van der Waals surface area contributed by atoms with Crippen LogP contribution in [0, 0.1) is 5.82 Å². The monoisotopic (exact) mass is 392 g/mol. The van der Waals surface area contributed by atoms with Crippen LogP contribution in [0.5, 0.6) is 0 Å². The lowest BCUT2D eigenvalue weighted by Gasteiger charge is -2.31. The van der Waals surface area contributed by atoms with Crippen LogP contribution in [0.1, 0.15) is 39.3 Å². The minimum absolute atomic E-state index is 0.304. The van der Waals surface area contributed by atoms with Crippen LogP contribution in [0.3, 0.4) is 0 Å². The number of pyridine rings is 1. The first-order chi connectivity index (χ1) is 13.7. The van der Waals surface area contributed by atoms with Crippen LogP contribution in [0.2, 0.25) is 0 Å². The Hall–Kier alpha value is -3.21. The Morgan fingerprint density at radius 3 is 2.34 bits per heavy atom. The van der Waals surface area contributed by atoms with Gasteiger partial charge in [0.25, 0.3) is 0 Å². The van der Waals surface area contributed by atoms with E-state index in [0.29, 0.717) is 11.4 Å². The molecule has 1 aromatic heterocycles. The largest absolute Gasteiger partial charge is 0.443 e. The molecular formula is C24H25FN2O2. The molecule has 1 amide bonds. The van der Waals surface area contributed by atoms with E-state index in [1.54, 1.807) is 24.4 Å². The average Bonchev–Trinajstić information content (AvgIpc) is 2.67. The zero-order chi connectivity index (χ0) is 21.0.